The van der Waals surface area contributed by atoms with Crippen molar-refractivity contribution < 1.29 is 17.9 Å². The SMILES string of the molecule is COC(=O)c1ccnc(NS(=O)(=O)C=Cc2ccccc2)c1. The van der Waals surface area contributed by atoms with Gasteiger partial charge >= 0.3 is 5.97 Å². The predicted octanol–water partition coefficient (Wildman–Crippen LogP) is 2.28. The highest BCUT2D eigenvalue weighted by Gasteiger charge is 2.10. The van der Waals surface area contributed by atoms with Crippen LogP contribution in [0.15, 0.2) is 54.1 Å². The van der Waals surface area contributed by atoms with E-state index in [4.69, 9.17) is 0 Å². The summed E-state index contributed by atoms with van der Waals surface area (Å²) < 4.78 is 30.8. The molecule has 0 spiro atoms. The van der Waals surface area contributed by atoms with Gasteiger partial charge in [0.2, 0.25) is 0 Å². The Balaban J connectivity index is 2.15. The summed E-state index contributed by atoms with van der Waals surface area (Å²) in [6.45, 7) is 0. The molecular formula is C15H14N2O4S. The van der Waals surface area contributed by atoms with Crippen LogP contribution < -0.4 is 4.72 Å². The molecule has 1 heterocycles. The molecule has 1 N–H and O–H groups in total. The van der Waals surface area contributed by atoms with Crippen LogP contribution in [0.5, 0.6) is 0 Å². The largest absolute Gasteiger partial charge is 0.465 e. The van der Waals surface area contributed by atoms with Crippen LogP contribution in [-0.2, 0) is 14.8 Å². The molecule has 0 saturated carbocycles. The molecule has 2 aromatic rings. The van der Waals surface area contributed by atoms with Crippen molar-refractivity contribution in [2.24, 2.45) is 0 Å². The Kier molecular flexibility index (Phi) is 4.90. The molecule has 22 heavy (non-hydrogen) atoms. The van der Waals surface area contributed by atoms with Crippen molar-refractivity contribution in [2.75, 3.05) is 11.8 Å². The number of pyridine rings is 1. The van der Waals surface area contributed by atoms with E-state index in [0.29, 0.717) is 0 Å². The molecule has 1 aromatic heterocycles. The average molecular weight is 318 g/mol. The summed E-state index contributed by atoms with van der Waals surface area (Å²) in [5.41, 5.74) is 0.964. The van der Waals surface area contributed by atoms with Crippen LogP contribution in [0.1, 0.15) is 15.9 Å². The Morgan fingerprint density at radius 1 is 1.23 bits per heavy atom. The zero-order chi connectivity index (χ0) is 16.0. The first-order valence-electron chi connectivity index (χ1n) is 6.30. The predicted molar refractivity (Wildman–Crippen MR) is 83.6 cm³/mol. The van der Waals surface area contributed by atoms with E-state index < -0.39 is 16.0 Å². The third-order valence-electron chi connectivity index (χ3n) is 2.67. The molecule has 0 unspecified atom stereocenters. The fraction of sp³-hybridized carbons (Fsp3) is 0.0667. The van der Waals surface area contributed by atoms with Gasteiger partial charge in [0.05, 0.1) is 18.1 Å². The topological polar surface area (TPSA) is 85.4 Å². The third kappa shape index (κ3) is 4.42. The number of carbonyl (C=O) groups excluding carboxylic acids is 1. The quantitative estimate of drug-likeness (QED) is 0.855. The maximum absolute atomic E-state index is 12.0. The summed E-state index contributed by atoms with van der Waals surface area (Å²) in [4.78, 5) is 15.3. The number of nitrogens with zero attached hydrogens (tertiary/aromatic N) is 1. The lowest BCUT2D eigenvalue weighted by atomic mass is 10.2. The summed E-state index contributed by atoms with van der Waals surface area (Å²) in [7, 11) is -2.48. The third-order valence-corrected chi connectivity index (χ3v) is 3.66. The second kappa shape index (κ2) is 6.86. The zero-order valence-electron chi connectivity index (χ0n) is 11.8. The molecule has 7 heteroatoms. The minimum Gasteiger partial charge on any atom is -0.465 e. The highest BCUT2D eigenvalue weighted by Crippen LogP contribution is 2.11. The summed E-state index contributed by atoms with van der Waals surface area (Å²) in [6, 6.07) is 11.8. The maximum Gasteiger partial charge on any atom is 0.338 e. The normalized spacial score (nSPS) is 11.3. The highest BCUT2D eigenvalue weighted by atomic mass is 32.2. The van der Waals surface area contributed by atoms with Gasteiger partial charge in [0.15, 0.2) is 0 Å². The Morgan fingerprint density at radius 2 is 1.95 bits per heavy atom. The first-order chi connectivity index (χ1) is 10.5. The highest BCUT2D eigenvalue weighted by molar-refractivity contribution is 7.95. The number of anilines is 1. The molecule has 0 aliphatic rings. The van der Waals surface area contributed by atoms with E-state index >= 15 is 0 Å². The van der Waals surface area contributed by atoms with Crippen LogP contribution in [0.2, 0.25) is 0 Å². The number of sulfonamides is 1. The Labute approximate surface area is 128 Å². The summed E-state index contributed by atoms with van der Waals surface area (Å²) in [6.07, 6.45) is 2.79. The molecule has 0 saturated heterocycles. The molecule has 0 radical (unpaired) electrons. The van der Waals surface area contributed by atoms with E-state index in [0.717, 1.165) is 11.0 Å². The summed E-state index contributed by atoms with van der Waals surface area (Å²) >= 11 is 0. The second-order valence-electron chi connectivity index (χ2n) is 4.28. The maximum atomic E-state index is 12.0. The van der Waals surface area contributed by atoms with Gasteiger partial charge in [-0.1, -0.05) is 30.3 Å². The van der Waals surface area contributed by atoms with Gasteiger partial charge in [-0.15, -0.1) is 0 Å². The van der Waals surface area contributed by atoms with Gasteiger partial charge in [0.1, 0.15) is 5.82 Å². The molecule has 1 aromatic carbocycles. The minimum absolute atomic E-state index is 0.0422. The van der Waals surface area contributed by atoms with Crippen molar-refractivity contribution in [1.82, 2.24) is 4.98 Å². The van der Waals surface area contributed by atoms with E-state index in [2.05, 4.69) is 14.4 Å². The van der Waals surface area contributed by atoms with Gasteiger partial charge in [-0.2, -0.15) is 0 Å². The van der Waals surface area contributed by atoms with Crippen LogP contribution in [0.25, 0.3) is 6.08 Å². The lowest BCUT2D eigenvalue weighted by molar-refractivity contribution is 0.0600. The molecule has 0 aliphatic heterocycles. The number of carbonyl (C=O) groups is 1. The van der Waals surface area contributed by atoms with Crippen molar-refractivity contribution in [3.63, 3.8) is 0 Å². The number of hydrogen-bond acceptors (Lipinski definition) is 5. The number of benzene rings is 1. The average Bonchev–Trinajstić information content (AvgIpc) is 2.53. The molecule has 0 fully saturated rings. The molecule has 6 nitrogen and oxygen atoms in total. The lowest BCUT2D eigenvalue weighted by Gasteiger charge is -2.05. The minimum atomic E-state index is -3.73. The van der Waals surface area contributed by atoms with Gasteiger partial charge < -0.3 is 4.74 Å². The van der Waals surface area contributed by atoms with E-state index in [9.17, 15) is 13.2 Å². The van der Waals surface area contributed by atoms with Crippen molar-refractivity contribution in [3.05, 3.63) is 65.2 Å². The molecule has 0 amide bonds. The van der Waals surface area contributed by atoms with Gasteiger partial charge in [0, 0.05) is 6.20 Å². The monoisotopic (exact) mass is 318 g/mol. The molecule has 2 rings (SSSR count). The number of ether oxygens (including phenoxy) is 1. The van der Waals surface area contributed by atoms with E-state index in [1.165, 1.54) is 31.5 Å². The number of rotatable bonds is 5. The van der Waals surface area contributed by atoms with Crippen LogP contribution >= 0.6 is 0 Å². The number of nitrogens with one attached hydrogen (secondary N) is 1. The van der Waals surface area contributed by atoms with Crippen molar-refractivity contribution >= 4 is 27.9 Å². The van der Waals surface area contributed by atoms with Crippen LogP contribution in [-0.4, -0.2) is 26.5 Å². The standard InChI is InChI=1S/C15H14N2O4S/c1-21-15(18)13-7-9-16-14(11-13)17-22(19,20)10-8-12-5-3-2-4-6-12/h2-11H,1H3,(H,16,17). The van der Waals surface area contributed by atoms with Gasteiger partial charge in [-0.05, 0) is 23.8 Å². The Bertz CT molecular complexity index is 786. The molecular weight excluding hydrogens is 304 g/mol. The first-order valence-corrected chi connectivity index (χ1v) is 7.85. The number of esters is 1. The van der Waals surface area contributed by atoms with Crippen molar-refractivity contribution in [1.29, 1.82) is 0 Å². The van der Waals surface area contributed by atoms with Crippen LogP contribution in [0, 0.1) is 0 Å². The number of hydrogen-bond donors (Lipinski definition) is 1. The van der Waals surface area contributed by atoms with Crippen LogP contribution in [0.3, 0.4) is 0 Å². The summed E-state index contributed by atoms with van der Waals surface area (Å²) in [5, 5.41) is 1.04. The smallest absolute Gasteiger partial charge is 0.338 e. The van der Waals surface area contributed by atoms with Gasteiger partial charge in [0.25, 0.3) is 10.0 Å². The van der Waals surface area contributed by atoms with E-state index in [-0.39, 0.29) is 11.4 Å². The first kappa shape index (κ1) is 15.7. The molecule has 0 bridgehead atoms. The fourth-order valence-electron chi connectivity index (χ4n) is 1.64. The molecule has 0 aliphatic carbocycles. The zero-order valence-corrected chi connectivity index (χ0v) is 12.6. The molecule has 0 atom stereocenters. The summed E-state index contributed by atoms with van der Waals surface area (Å²) in [5.74, 6) is -0.525. The van der Waals surface area contributed by atoms with Gasteiger partial charge in [-0.3, -0.25) is 4.72 Å². The molecule has 114 valence electrons. The van der Waals surface area contributed by atoms with E-state index in [1.54, 1.807) is 24.3 Å². The van der Waals surface area contributed by atoms with Crippen molar-refractivity contribution in [2.45, 2.75) is 0 Å². The second-order valence-corrected chi connectivity index (χ2v) is 5.85. The van der Waals surface area contributed by atoms with Crippen LogP contribution in [0.4, 0.5) is 5.82 Å². The Morgan fingerprint density at radius 3 is 2.64 bits per heavy atom. The van der Waals surface area contributed by atoms with Gasteiger partial charge in [-0.25, -0.2) is 18.2 Å². The van der Waals surface area contributed by atoms with Crippen molar-refractivity contribution in [3.8, 4) is 0 Å². The van der Waals surface area contributed by atoms with E-state index in [1.807, 2.05) is 6.07 Å². The fourth-order valence-corrected chi connectivity index (χ4v) is 2.45. The Hall–Kier alpha value is -2.67. The number of aromatic nitrogens is 1. The lowest BCUT2D eigenvalue weighted by Crippen LogP contribution is -2.11. The number of methoxy groups -OCH3 is 1.